The summed E-state index contributed by atoms with van der Waals surface area (Å²) >= 11 is 0. The van der Waals surface area contributed by atoms with Crippen LogP contribution >= 0.6 is 0 Å². The Hall–Kier alpha value is -2.79. The Bertz CT molecular complexity index is 1330. The highest BCUT2D eigenvalue weighted by Gasteiger charge is 2.44. The molecule has 0 unspecified atom stereocenters. The zero-order valence-corrected chi connectivity index (χ0v) is 30.5. The Balaban J connectivity index is 0.950. The van der Waals surface area contributed by atoms with Gasteiger partial charge in [0.15, 0.2) is 0 Å². The van der Waals surface area contributed by atoms with Crippen LogP contribution in [0.3, 0.4) is 0 Å². The van der Waals surface area contributed by atoms with Gasteiger partial charge in [-0.3, -0.25) is 19.2 Å². The number of aryl methyl sites for hydroxylation is 2. The number of benzene rings is 1. The fourth-order valence-corrected chi connectivity index (χ4v) is 11.7. The lowest BCUT2D eigenvalue weighted by Crippen LogP contribution is -2.55. The summed E-state index contributed by atoms with van der Waals surface area (Å²) in [7, 11) is -3.65. The van der Waals surface area contributed by atoms with Crippen LogP contribution in [0.15, 0.2) is 36.7 Å². The largest absolute Gasteiger partial charge is 0.501 e. The maximum absolute atomic E-state index is 6.20. The molecule has 268 valence electrons. The van der Waals surface area contributed by atoms with E-state index in [1.54, 1.807) is 7.11 Å². The first kappa shape index (κ1) is 34.7. The summed E-state index contributed by atoms with van der Waals surface area (Å²) < 4.78 is 46.4. The average Bonchev–Trinajstić information content (AvgIpc) is 3.70. The van der Waals surface area contributed by atoms with Crippen LogP contribution in [-0.2, 0) is 52.7 Å². The second kappa shape index (κ2) is 16.5. The highest BCUT2D eigenvalue weighted by Crippen LogP contribution is 2.25. The van der Waals surface area contributed by atoms with Crippen LogP contribution in [0.5, 0.6) is 5.75 Å². The summed E-state index contributed by atoms with van der Waals surface area (Å²) in [5.74, 6) is 0.803. The fraction of sp³-hybridized carbons (Fsp3) is 0.677. The minimum atomic E-state index is -2.66. The van der Waals surface area contributed by atoms with E-state index in [4.69, 9.17) is 31.3 Å². The van der Waals surface area contributed by atoms with E-state index >= 15 is 0 Å². The minimum absolute atomic E-state index is 0.557. The molecule has 6 aliphatic heterocycles. The summed E-state index contributed by atoms with van der Waals surface area (Å²) in [6.07, 6.45) is 5.72. The zero-order chi connectivity index (χ0) is 33.4. The van der Waals surface area contributed by atoms with Gasteiger partial charge < -0.3 is 36.2 Å². The number of aromatic nitrogens is 6. The molecule has 3 aromatic rings. The molecule has 6 saturated heterocycles. The Morgan fingerprint density at radius 3 is 1.43 bits per heavy atom. The highest BCUT2D eigenvalue weighted by atomic mass is 28.4. The number of hydrogen-bond acceptors (Lipinski definition) is 14. The van der Waals surface area contributed by atoms with Gasteiger partial charge in [-0.25, -0.2) is 0 Å². The minimum Gasteiger partial charge on any atom is -0.497 e. The second-order valence-electron chi connectivity index (χ2n) is 12.8. The second-order valence-corrected chi connectivity index (χ2v) is 18.3. The van der Waals surface area contributed by atoms with Crippen molar-refractivity contribution in [2.75, 3.05) is 90.9 Å². The van der Waals surface area contributed by atoms with Crippen LogP contribution in [0.4, 0.5) is 5.69 Å². The lowest BCUT2D eigenvalue weighted by atomic mass is 10.2. The molecule has 4 bridgehead atoms. The van der Waals surface area contributed by atoms with Gasteiger partial charge >= 0.3 is 17.6 Å². The molecule has 8 heterocycles. The van der Waals surface area contributed by atoms with Crippen molar-refractivity contribution in [1.82, 2.24) is 39.8 Å². The standard InChI is InChI=1S/C31H49N9O7Si2/c1-41-31-6-4-30(5-7-31)38(24-28-26-39(34-32-28)8-2-22-48-42-16-10-36(11-17-43-48)12-18-44-48)25-29-27-40(35-33-29)9-3-23-49-45-19-13-37(14-20-46-49)15-21-47-49/h4-7,26-27H,2-3,8-25H2,1H3. The third-order valence-electron chi connectivity index (χ3n) is 9.43. The topological polar surface area (TPSA) is 136 Å². The van der Waals surface area contributed by atoms with E-state index in [1.807, 2.05) is 46.0 Å². The van der Waals surface area contributed by atoms with Gasteiger partial charge in [0.2, 0.25) is 0 Å². The molecule has 0 aliphatic carbocycles. The van der Waals surface area contributed by atoms with Crippen LogP contribution in [0, 0.1) is 0 Å². The van der Waals surface area contributed by atoms with Crippen molar-refractivity contribution in [1.29, 1.82) is 0 Å². The zero-order valence-electron chi connectivity index (χ0n) is 28.5. The number of anilines is 1. The lowest BCUT2D eigenvalue weighted by molar-refractivity contribution is -0.00919. The summed E-state index contributed by atoms with van der Waals surface area (Å²) in [5.41, 5.74) is 2.76. The molecule has 0 atom stereocenters. The Morgan fingerprint density at radius 2 is 1.04 bits per heavy atom. The SMILES string of the molecule is COc1ccc(N(Cc2cn(CCC[Si]34OCCN(CCO3)CCO4)nn2)Cc2cn(CCC[Si]34OCCN(CCO3)CCO4)nn2)cc1. The highest BCUT2D eigenvalue weighted by molar-refractivity contribution is 6.61. The molecule has 6 aliphatic rings. The van der Waals surface area contributed by atoms with Crippen LogP contribution < -0.4 is 9.64 Å². The quantitative estimate of drug-likeness (QED) is 0.223. The van der Waals surface area contributed by atoms with E-state index in [9.17, 15) is 0 Å². The van der Waals surface area contributed by atoms with Gasteiger partial charge in [-0.05, 0) is 37.1 Å². The fourth-order valence-electron chi connectivity index (χ4n) is 6.71. The van der Waals surface area contributed by atoms with E-state index < -0.39 is 17.6 Å². The van der Waals surface area contributed by atoms with E-state index in [1.165, 1.54) is 0 Å². The van der Waals surface area contributed by atoms with Crippen molar-refractivity contribution in [2.45, 2.75) is 51.1 Å². The van der Waals surface area contributed by atoms with Gasteiger partial charge in [-0.2, -0.15) is 0 Å². The van der Waals surface area contributed by atoms with Gasteiger partial charge in [0, 0.05) is 70.1 Å². The molecular formula is C31H49N9O7Si2. The van der Waals surface area contributed by atoms with E-state index in [2.05, 4.69) is 35.3 Å². The van der Waals surface area contributed by atoms with Crippen LogP contribution in [0.25, 0.3) is 0 Å². The summed E-state index contributed by atoms with van der Waals surface area (Å²) in [6, 6.07) is 9.56. The van der Waals surface area contributed by atoms with Gasteiger partial charge in [0.1, 0.15) is 17.1 Å². The molecule has 49 heavy (non-hydrogen) atoms. The normalized spacial score (nSPS) is 27.4. The first-order chi connectivity index (χ1) is 24.1. The molecule has 0 radical (unpaired) electrons. The molecule has 0 N–H and O–H groups in total. The molecule has 16 nitrogen and oxygen atoms in total. The van der Waals surface area contributed by atoms with Crippen molar-refractivity contribution in [3.8, 4) is 5.75 Å². The van der Waals surface area contributed by atoms with E-state index in [0.717, 1.165) is 87.0 Å². The first-order valence-electron chi connectivity index (χ1n) is 17.5. The molecular weight excluding hydrogens is 667 g/mol. The van der Waals surface area contributed by atoms with Crippen LogP contribution in [-0.4, -0.2) is 143 Å². The number of methoxy groups -OCH3 is 1. The van der Waals surface area contributed by atoms with Crippen molar-refractivity contribution in [3.05, 3.63) is 48.0 Å². The predicted octanol–water partition coefficient (Wildman–Crippen LogP) is 1.50. The molecule has 2 aromatic heterocycles. The number of nitrogens with zero attached hydrogens (tertiary/aromatic N) is 9. The number of hydrogen-bond donors (Lipinski definition) is 0. The smallest absolute Gasteiger partial charge is 0.497 e. The van der Waals surface area contributed by atoms with E-state index in [0.29, 0.717) is 65.8 Å². The summed E-state index contributed by atoms with van der Waals surface area (Å²) in [6.45, 7) is 12.2. The van der Waals surface area contributed by atoms with Crippen molar-refractivity contribution in [2.24, 2.45) is 0 Å². The molecule has 0 saturated carbocycles. The Labute approximate surface area is 289 Å². The third-order valence-corrected chi connectivity index (χ3v) is 15.2. The molecule has 18 heteroatoms. The predicted molar refractivity (Wildman–Crippen MR) is 182 cm³/mol. The Kier molecular flexibility index (Phi) is 11.7. The molecule has 0 amide bonds. The number of ether oxygens (including phenoxy) is 1. The van der Waals surface area contributed by atoms with Gasteiger partial charge in [-0.15, -0.1) is 10.2 Å². The molecule has 1 aromatic carbocycles. The van der Waals surface area contributed by atoms with Crippen LogP contribution in [0.1, 0.15) is 24.2 Å². The molecule has 6 fully saturated rings. The lowest BCUT2D eigenvalue weighted by Gasteiger charge is -2.38. The average molecular weight is 716 g/mol. The van der Waals surface area contributed by atoms with Crippen molar-refractivity contribution >= 4 is 23.3 Å². The number of rotatable bonds is 14. The Morgan fingerprint density at radius 1 is 0.633 bits per heavy atom. The maximum atomic E-state index is 6.20. The van der Waals surface area contributed by atoms with Gasteiger partial charge in [-0.1, -0.05) is 10.4 Å². The monoisotopic (exact) mass is 715 g/mol. The number of fused-ring (bicyclic) bond motifs is 12. The van der Waals surface area contributed by atoms with Crippen molar-refractivity contribution in [3.63, 3.8) is 0 Å². The first-order valence-corrected chi connectivity index (χ1v) is 21.4. The van der Waals surface area contributed by atoms with Gasteiger partial charge in [0.25, 0.3) is 0 Å². The van der Waals surface area contributed by atoms with Crippen LogP contribution in [0.2, 0.25) is 12.1 Å². The third kappa shape index (κ3) is 9.31. The maximum Gasteiger partial charge on any atom is 0.501 e. The summed E-state index contributed by atoms with van der Waals surface area (Å²) in [5, 5.41) is 17.9. The molecule has 9 rings (SSSR count). The van der Waals surface area contributed by atoms with Crippen molar-refractivity contribution < 1.29 is 31.3 Å². The van der Waals surface area contributed by atoms with Gasteiger partial charge in [0.05, 0.1) is 72.2 Å². The van der Waals surface area contributed by atoms with E-state index in [-0.39, 0.29) is 0 Å². The molecule has 0 spiro atoms. The summed E-state index contributed by atoms with van der Waals surface area (Å²) in [4.78, 5) is 6.89.